The summed E-state index contributed by atoms with van der Waals surface area (Å²) in [6.07, 6.45) is 3.82. The SMILES string of the molecule is CC(OCCCNC(=O)CN1C(=O)NC2(CCCC2)C1=O)c1ccccc1. The van der Waals surface area contributed by atoms with Gasteiger partial charge in [-0.1, -0.05) is 43.2 Å². The number of imide groups is 1. The van der Waals surface area contributed by atoms with Crippen LogP contribution in [0.1, 0.15) is 50.7 Å². The van der Waals surface area contributed by atoms with E-state index in [1.807, 2.05) is 37.3 Å². The molecule has 0 radical (unpaired) electrons. The minimum atomic E-state index is -0.765. The van der Waals surface area contributed by atoms with Crippen molar-refractivity contribution in [2.45, 2.75) is 50.7 Å². The lowest BCUT2D eigenvalue weighted by Crippen LogP contribution is -2.45. The number of nitrogens with one attached hydrogen (secondary N) is 2. The van der Waals surface area contributed by atoms with Crippen LogP contribution in [0.5, 0.6) is 0 Å². The molecule has 146 valence electrons. The van der Waals surface area contributed by atoms with Crippen molar-refractivity contribution in [2.75, 3.05) is 19.7 Å². The number of ether oxygens (including phenoxy) is 1. The van der Waals surface area contributed by atoms with E-state index in [4.69, 9.17) is 4.74 Å². The Morgan fingerprint density at radius 2 is 1.96 bits per heavy atom. The lowest BCUT2D eigenvalue weighted by atomic mass is 9.98. The van der Waals surface area contributed by atoms with Gasteiger partial charge in [0.2, 0.25) is 5.91 Å². The highest BCUT2D eigenvalue weighted by Crippen LogP contribution is 2.34. The lowest BCUT2D eigenvalue weighted by molar-refractivity contribution is -0.134. The zero-order chi connectivity index (χ0) is 19.3. The maximum atomic E-state index is 12.5. The molecule has 1 aromatic carbocycles. The summed E-state index contributed by atoms with van der Waals surface area (Å²) in [5, 5.41) is 5.53. The van der Waals surface area contributed by atoms with Gasteiger partial charge in [-0.2, -0.15) is 0 Å². The Bertz CT molecular complexity index is 686. The molecule has 1 atom stereocenters. The molecular weight excluding hydrogens is 346 g/mol. The van der Waals surface area contributed by atoms with Crippen LogP contribution in [-0.2, 0) is 14.3 Å². The van der Waals surface area contributed by atoms with E-state index in [-0.39, 0.29) is 24.5 Å². The van der Waals surface area contributed by atoms with Crippen molar-refractivity contribution in [3.8, 4) is 0 Å². The first-order valence-corrected chi connectivity index (χ1v) is 9.59. The summed E-state index contributed by atoms with van der Waals surface area (Å²) < 4.78 is 5.76. The Morgan fingerprint density at radius 1 is 1.26 bits per heavy atom. The van der Waals surface area contributed by atoms with E-state index in [2.05, 4.69) is 10.6 Å². The van der Waals surface area contributed by atoms with Crippen molar-refractivity contribution in [3.05, 3.63) is 35.9 Å². The highest BCUT2D eigenvalue weighted by atomic mass is 16.5. The van der Waals surface area contributed by atoms with Crippen molar-refractivity contribution < 1.29 is 19.1 Å². The van der Waals surface area contributed by atoms with Gasteiger partial charge in [0.05, 0.1) is 6.10 Å². The van der Waals surface area contributed by atoms with Crippen LogP contribution < -0.4 is 10.6 Å². The van der Waals surface area contributed by atoms with Crippen LogP contribution in [-0.4, -0.2) is 48.0 Å². The molecule has 1 saturated carbocycles. The molecule has 1 heterocycles. The molecule has 2 fully saturated rings. The number of urea groups is 1. The molecule has 7 nitrogen and oxygen atoms in total. The van der Waals surface area contributed by atoms with Crippen LogP contribution in [0, 0.1) is 0 Å². The molecular formula is C20H27N3O4. The smallest absolute Gasteiger partial charge is 0.325 e. The number of carbonyl (C=O) groups excluding carboxylic acids is 3. The molecule has 1 aliphatic carbocycles. The molecule has 1 saturated heterocycles. The number of nitrogens with zero attached hydrogens (tertiary/aromatic N) is 1. The van der Waals surface area contributed by atoms with Gasteiger partial charge in [-0.25, -0.2) is 4.79 Å². The van der Waals surface area contributed by atoms with Gasteiger partial charge in [0.15, 0.2) is 0 Å². The number of hydrogen-bond donors (Lipinski definition) is 2. The quantitative estimate of drug-likeness (QED) is 0.540. The van der Waals surface area contributed by atoms with Gasteiger partial charge in [-0.15, -0.1) is 0 Å². The Hall–Kier alpha value is -2.41. The van der Waals surface area contributed by atoms with E-state index in [0.717, 1.165) is 23.3 Å². The average molecular weight is 373 g/mol. The van der Waals surface area contributed by atoms with Gasteiger partial charge in [-0.3, -0.25) is 14.5 Å². The number of hydrogen-bond acceptors (Lipinski definition) is 4. The summed E-state index contributed by atoms with van der Waals surface area (Å²) in [6, 6.07) is 9.48. The second-order valence-corrected chi connectivity index (χ2v) is 7.24. The van der Waals surface area contributed by atoms with Crippen molar-refractivity contribution in [1.82, 2.24) is 15.5 Å². The second kappa shape index (κ2) is 8.52. The van der Waals surface area contributed by atoms with Gasteiger partial charge in [0.25, 0.3) is 5.91 Å². The van der Waals surface area contributed by atoms with E-state index in [9.17, 15) is 14.4 Å². The van der Waals surface area contributed by atoms with Crippen molar-refractivity contribution in [3.63, 3.8) is 0 Å². The molecule has 0 bridgehead atoms. The van der Waals surface area contributed by atoms with Crippen LogP contribution in [0.2, 0.25) is 0 Å². The molecule has 1 aliphatic heterocycles. The van der Waals surface area contributed by atoms with Crippen molar-refractivity contribution in [1.29, 1.82) is 0 Å². The summed E-state index contributed by atoms with van der Waals surface area (Å²) in [6.45, 7) is 2.72. The topological polar surface area (TPSA) is 87.7 Å². The molecule has 1 aromatic rings. The fraction of sp³-hybridized carbons (Fsp3) is 0.550. The van der Waals surface area contributed by atoms with E-state index >= 15 is 0 Å². The summed E-state index contributed by atoms with van der Waals surface area (Å²) in [7, 11) is 0. The first-order valence-electron chi connectivity index (χ1n) is 9.59. The van der Waals surface area contributed by atoms with Crippen molar-refractivity contribution >= 4 is 17.8 Å². The van der Waals surface area contributed by atoms with E-state index in [1.165, 1.54) is 0 Å². The summed E-state index contributed by atoms with van der Waals surface area (Å²) in [4.78, 5) is 37.7. The van der Waals surface area contributed by atoms with Gasteiger partial charge in [0.1, 0.15) is 12.1 Å². The van der Waals surface area contributed by atoms with Crippen LogP contribution in [0.4, 0.5) is 4.79 Å². The molecule has 27 heavy (non-hydrogen) atoms. The van der Waals surface area contributed by atoms with Gasteiger partial charge in [0, 0.05) is 13.2 Å². The fourth-order valence-electron chi connectivity index (χ4n) is 3.72. The van der Waals surface area contributed by atoms with E-state index in [0.29, 0.717) is 32.4 Å². The molecule has 1 spiro atoms. The molecule has 3 rings (SSSR count). The minimum Gasteiger partial charge on any atom is -0.374 e. The van der Waals surface area contributed by atoms with Crippen LogP contribution >= 0.6 is 0 Å². The second-order valence-electron chi connectivity index (χ2n) is 7.24. The van der Waals surface area contributed by atoms with Crippen LogP contribution in [0.25, 0.3) is 0 Å². The summed E-state index contributed by atoms with van der Waals surface area (Å²) in [5.74, 6) is -0.593. The third-order valence-electron chi connectivity index (χ3n) is 5.28. The zero-order valence-electron chi connectivity index (χ0n) is 15.7. The average Bonchev–Trinajstić information content (AvgIpc) is 3.23. The van der Waals surface area contributed by atoms with Gasteiger partial charge < -0.3 is 15.4 Å². The molecule has 7 heteroatoms. The Morgan fingerprint density at radius 3 is 2.67 bits per heavy atom. The molecule has 0 aromatic heterocycles. The van der Waals surface area contributed by atoms with Crippen molar-refractivity contribution in [2.24, 2.45) is 0 Å². The standard InChI is InChI=1S/C20H27N3O4/c1-15(16-8-3-2-4-9-16)27-13-7-12-21-17(24)14-23-18(25)20(22-19(23)26)10-5-6-11-20/h2-4,8-9,15H,5-7,10-14H2,1H3,(H,21,24)(H,22,26). The Kier molecular flexibility index (Phi) is 6.11. The maximum Gasteiger partial charge on any atom is 0.325 e. The molecule has 1 unspecified atom stereocenters. The highest BCUT2D eigenvalue weighted by molar-refractivity contribution is 6.09. The monoisotopic (exact) mass is 373 g/mol. The maximum absolute atomic E-state index is 12.5. The normalized spacial score (nSPS) is 19.4. The zero-order valence-corrected chi connectivity index (χ0v) is 15.7. The molecule has 2 N–H and O–H groups in total. The van der Waals surface area contributed by atoms with Crippen LogP contribution in [0.3, 0.4) is 0 Å². The predicted octanol–water partition coefficient (Wildman–Crippen LogP) is 2.14. The van der Waals surface area contributed by atoms with Gasteiger partial charge >= 0.3 is 6.03 Å². The number of amides is 4. The molecule has 2 aliphatic rings. The third-order valence-corrected chi connectivity index (χ3v) is 5.28. The number of carbonyl (C=O) groups is 3. The molecule has 4 amide bonds. The Balaban J connectivity index is 1.35. The van der Waals surface area contributed by atoms with E-state index < -0.39 is 11.6 Å². The van der Waals surface area contributed by atoms with E-state index in [1.54, 1.807) is 0 Å². The summed E-state index contributed by atoms with van der Waals surface area (Å²) >= 11 is 0. The first-order chi connectivity index (χ1) is 13.0. The lowest BCUT2D eigenvalue weighted by Gasteiger charge is -2.19. The Labute approximate surface area is 159 Å². The third kappa shape index (κ3) is 4.47. The summed E-state index contributed by atoms with van der Waals surface area (Å²) in [5.41, 5.74) is 0.347. The largest absolute Gasteiger partial charge is 0.374 e. The number of benzene rings is 1. The van der Waals surface area contributed by atoms with Gasteiger partial charge in [-0.05, 0) is 31.7 Å². The predicted molar refractivity (Wildman–Crippen MR) is 99.9 cm³/mol. The number of rotatable bonds is 8. The highest BCUT2D eigenvalue weighted by Gasteiger charge is 2.52. The van der Waals surface area contributed by atoms with Crippen LogP contribution in [0.15, 0.2) is 30.3 Å². The first kappa shape index (κ1) is 19.4. The fourth-order valence-corrected chi connectivity index (χ4v) is 3.72. The minimum absolute atomic E-state index is 0.00424.